The Kier molecular flexibility index (Phi) is 8.59. The average molecular weight is 543 g/mol. The zero-order valence-corrected chi connectivity index (χ0v) is 23.7. The van der Waals surface area contributed by atoms with Gasteiger partial charge < -0.3 is 19.4 Å². The third-order valence-corrected chi connectivity index (χ3v) is 8.48. The molecule has 4 rings (SSSR count). The molecule has 2 aromatic heterocycles. The number of carbonyl (C=O) groups is 2. The Morgan fingerprint density at radius 2 is 1.86 bits per heavy atom. The fourth-order valence-electron chi connectivity index (χ4n) is 4.16. The van der Waals surface area contributed by atoms with Gasteiger partial charge in [-0.15, -0.1) is 21.5 Å². The number of carbonyl (C=O) groups excluding carboxylic acids is 2. The summed E-state index contributed by atoms with van der Waals surface area (Å²) in [6.07, 6.45) is 3.91. The molecule has 1 amide bonds. The zero-order chi connectivity index (χ0) is 26.6. The summed E-state index contributed by atoms with van der Waals surface area (Å²) in [5, 5.41) is 12.6. The summed E-state index contributed by atoms with van der Waals surface area (Å²) in [5.41, 5.74) is 2.88. The molecule has 0 saturated heterocycles. The lowest BCUT2D eigenvalue weighted by Crippen LogP contribution is -2.17. The maximum Gasteiger partial charge on any atom is 0.341 e. The zero-order valence-electron chi connectivity index (χ0n) is 22.1. The summed E-state index contributed by atoms with van der Waals surface area (Å²) in [6.45, 7) is 8.88. The Balaban J connectivity index is 1.35. The minimum Gasteiger partial charge on any atom is -0.486 e. The maximum atomic E-state index is 12.8. The van der Waals surface area contributed by atoms with Crippen molar-refractivity contribution in [3.05, 3.63) is 51.7 Å². The van der Waals surface area contributed by atoms with Gasteiger partial charge >= 0.3 is 5.97 Å². The molecule has 0 atom stereocenters. The quantitative estimate of drug-likeness (QED) is 0.280. The summed E-state index contributed by atoms with van der Waals surface area (Å²) < 4.78 is 13.0. The highest BCUT2D eigenvalue weighted by molar-refractivity contribution is 7.99. The molecule has 0 fully saturated rings. The Hall–Kier alpha value is -2.85. The van der Waals surface area contributed by atoms with Crippen molar-refractivity contribution in [1.29, 1.82) is 0 Å². The van der Waals surface area contributed by atoms with Crippen molar-refractivity contribution in [3.63, 3.8) is 0 Å². The average Bonchev–Trinajstić information content (AvgIpc) is 3.40. The number of rotatable bonds is 9. The van der Waals surface area contributed by atoms with Crippen molar-refractivity contribution >= 4 is 40.0 Å². The summed E-state index contributed by atoms with van der Waals surface area (Å²) in [4.78, 5) is 26.6. The van der Waals surface area contributed by atoms with Gasteiger partial charge in [0, 0.05) is 11.9 Å². The van der Waals surface area contributed by atoms with Crippen LogP contribution in [0.15, 0.2) is 29.4 Å². The van der Waals surface area contributed by atoms with Gasteiger partial charge in [-0.25, -0.2) is 4.79 Å². The van der Waals surface area contributed by atoms with Gasteiger partial charge in [-0.1, -0.05) is 44.7 Å². The molecule has 1 aliphatic carbocycles. The Morgan fingerprint density at radius 3 is 2.57 bits per heavy atom. The first-order valence-electron chi connectivity index (χ1n) is 12.5. The normalized spacial score (nSPS) is 13.2. The van der Waals surface area contributed by atoms with Crippen LogP contribution in [0.25, 0.3) is 0 Å². The molecule has 3 aromatic rings. The lowest BCUT2D eigenvalue weighted by Gasteiger charge is -2.19. The first-order valence-corrected chi connectivity index (χ1v) is 14.3. The van der Waals surface area contributed by atoms with Crippen molar-refractivity contribution < 1.29 is 19.1 Å². The molecule has 1 aliphatic rings. The molecule has 1 aromatic carbocycles. The number of nitrogens with zero attached hydrogens (tertiary/aromatic N) is 3. The van der Waals surface area contributed by atoms with Crippen LogP contribution in [0.4, 0.5) is 5.00 Å². The highest BCUT2D eigenvalue weighted by Gasteiger charge is 2.27. The van der Waals surface area contributed by atoms with E-state index in [-0.39, 0.29) is 29.7 Å². The molecule has 0 saturated carbocycles. The predicted octanol–water partition coefficient (Wildman–Crippen LogP) is 5.54. The van der Waals surface area contributed by atoms with Crippen LogP contribution in [0, 0.1) is 0 Å². The van der Waals surface area contributed by atoms with Gasteiger partial charge in [0.1, 0.15) is 17.4 Å². The van der Waals surface area contributed by atoms with Crippen LogP contribution in [0.2, 0.25) is 0 Å². The number of hydrogen-bond acceptors (Lipinski definition) is 8. The van der Waals surface area contributed by atoms with Crippen molar-refractivity contribution in [1.82, 2.24) is 14.8 Å². The van der Waals surface area contributed by atoms with Crippen LogP contribution in [0.5, 0.6) is 5.75 Å². The summed E-state index contributed by atoms with van der Waals surface area (Å²) >= 11 is 2.78. The number of esters is 1. The van der Waals surface area contributed by atoms with E-state index in [4.69, 9.17) is 9.47 Å². The lowest BCUT2D eigenvalue weighted by atomic mass is 9.87. The first kappa shape index (κ1) is 27.2. The van der Waals surface area contributed by atoms with Crippen LogP contribution in [0.3, 0.4) is 0 Å². The van der Waals surface area contributed by atoms with E-state index in [1.165, 1.54) is 33.5 Å². The molecular weight excluding hydrogens is 508 g/mol. The van der Waals surface area contributed by atoms with E-state index in [2.05, 4.69) is 48.4 Å². The van der Waals surface area contributed by atoms with Crippen LogP contribution in [-0.2, 0) is 41.4 Å². The molecular formula is C27H34N4O4S2. The van der Waals surface area contributed by atoms with E-state index in [1.807, 2.05) is 23.7 Å². The highest BCUT2D eigenvalue weighted by Crippen LogP contribution is 2.38. The fraction of sp³-hybridized carbons (Fsp3) is 0.481. The molecule has 2 heterocycles. The van der Waals surface area contributed by atoms with E-state index in [9.17, 15) is 9.59 Å². The van der Waals surface area contributed by atoms with E-state index >= 15 is 0 Å². The van der Waals surface area contributed by atoms with Crippen LogP contribution < -0.4 is 10.1 Å². The monoisotopic (exact) mass is 542 g/mol. The second-order valence-corrected chi connectivity index (χ2v) is 12.0. The molecule has 0 aliphatic heterocycles. The van der Waals surface area contributed by atoms with Crippen LogP contribution in [-0.4, -0.2) is 39.0 Å². The Morgan fingerprint density at radius 1 is 1.14 bits per heavy atom. The molecule has 0 radical (unpaired) electrons. The van der Waals surface area contributed by atoms with E-state index < -0.39 is 0 Å². The summed E-state index contributed by atoms with van der Waals surface area (Å²) in [7, 11) is 1.85. The molecule has 0 bridgehead atoms. The Bertz CT molecular complexity index is 1260. The summed E-state index contributed by atoms with van der Waals surface area (Å²) in [6, 6.07) is 8.07. The smallest absolute Gasteiger partial charge is 0.341 e. The molecule has 37 heavy (non-hydrogen) atoms. The third kappa shape index (κ3) is 6.54. The second kappa shape index (κ2) is 11.7. The van der Waals surface area contributed by atoms with Gasteiger partial charge in [0.2, 0.25) is 5.91 Å². The van der Waals surface area contributed by atoms with E-state index in [0.717, 1.165) is 37.0 Å². The van der Waals surface area contributed by atoms with E-state index in [1.54, 1.807) is 6.92 Å². The number of fused-ring (bicyclic) bond motifs is 1. The number of amides is 1. The largest absolute Gasteiger partial charge is 0.486 e. The van der Waals surface area contributed by atoms with Gasteiger partial charge in [-0.2, -0.15) is 0 Å². The number of ether oxygens (including phenoxy) is 2. The number of aryl methyl sites for hydroxylation is 1. The minimum atomic E-state index is -0.365. The fourth-order valence-corrected chi connectivity index (χ4v) is 6.18. The van der Waals surface area contributed by atoms with Crippen molar-refractivity contribution in [3.8, 4) is 5.75 Å². The number of benzene rings is 1. The minimum absolute atomic E-state index is 0.0871. The molecule has 10 heteroatoms. The van der Waals surface area contributed by atoms with Gasteiger partial charge in [0.05, 0.1) is 17.9 Å². The van der Waals surface area contributed by atoms with Crippen LogP contribution in [0.1, 0.15) is 72.7 Å². The predicted molar refractivity (Wildman–Crippen MR) is 147 cm³/mol. The number of anilines is 1. The standard InChI is InChI=1S/C27H34N4O4S2/c1-6-34-25(33)23-19-9-7-8-10-20(19)37-24(23)28-22(32)16-36-26-30-29-21(31(26)5)15-35-18-13-11-17(12-14-18)27(2,3)4/h11-14H,6-10,15-16H2,1-5H3,(H,28,32). The third-order valence-electron chi connectivity index (χ3n) is 6.25. The second-order valence-electron chi connectivity index (χ2n) is 9.99. The number of thiophene rings is 1. The molecule has 1 N–H and O–H groups in total. The van der Waals surface area contributed by atoms with Gasteiger partial charge in [-0.3, -0.25) is 4.79 Å². The number of hydrogen-bond donors (Lipinski definition) is 1. The topological polar surface area (TPSA) is 95.3 Å². The molecule has 0 spiro atoms. The number of thioether (sulfide) groups is 1. The number of aromatic nitrogens is 3. The van der Waals surface area contributed by atoms with Gasteiger partial charge in [-0.05, 0) is 61.3 Å². The van der Waals surface area contributed by atoms with Crippen LogP contribution >= 0.6 is 23.1 Å². The number of nitrogens with one attached hydrogen (secondary N) is 1. The molecule has 198 valence electrons. The lowest BCUT2D eigenvalue weighted by molar-refractivity contribution is -0.113. The Labute approximate surface area is 226 Å². The molecule has 8 nitrogen and oxygen atoms in total. The van der Waals surface area contributed by atoms with Crippen molar-refractivity contribution in [2.24, 2.45) is 7.05 Å². The van der Waals surface area contributed by atoms with E-state index in [0.29, 0.717) is 28.2 Å². The first-order chi connectivity index (χ1) is 17.7. The summed E-state index contributed by atoms with van der Waals surface area (Å²) in [5.74, 6) is 1.01. The van der Waals surface area contributed by atoms with Crippen molar-refractivity contribution in [2.45, 2.75) is 70.6 Å². The van der Waals surface area contributed by atoms with Gasteiger partial charge in [0.15, 0.2) is 11.0 Å². The molecule has 0 unspecified atom stereocenters. The maximum absolute atomic E-state index is 12.8. The van der Waals surface area contributed by atoms with Crippen molar-refractivity contribution in [2.75, 3.05) is 17.7 Å². The highest BCUT2D eigenvalue weighted by atomic mass is 32.2. The van der Waals surface area contributed by atoms with Gasteiger partial charge in [0.25, 0.3) is 0 Å². The SMILES string of the molecule is CCOC(=O)c1c(NC(=O)CSc2nnc(COc3ccc(C(C)(C)C)cc3)n2C)sc2c1CCCC2.